The number of aliphatic hydroxyl groups is 1. The second-order valence-electron chi connectivity index (χ2n) is 3.30. The van der Waals surface area contributed by atoms with Gasteiger partial charge in [-0.2, -0.15) is 0 Å². The van der Waals surface area contributed by atoms with Crippen molar-refractivity contribution in [3.05, 3.63) is 0 Å². The van der Waals surface area contributed by atoms with E-state index < -0.39 is 0 Å². The predicted octanol–water partition coefficient (Wildman–Crippen LogP) is -0.339. The maximum atomic E-state index is 8.72. The molecule has 2 atom stereocenters. The van der Waals surface area contributed by atoms with Crippen molar-refractivity contribution in [1.82, 2.24) is 10.2 Å². The topological polar surface area (TPSA) is 35.5 Å². The molecule has 3 nitrogen and oxygen atoms in total. The average molecular weight is 158 g/mol. The molecule has 2 unspecified atom stereocenters. The van der Waals surface area contributed by atoms with Crippen LogP contribution in [0, 0.1) is 0 Å². The number of nitrogens with zero attached hydrogens (tertiary/aromatic N) is 1. The van der Waals surface area contributed by atoms with E-state index in [0.29, 0.717) is 12.1 Å². The van der Waals surface area contributed by atoms with E-state index in [-0.39, 0.29) is 6.61 Å². The van der Waals surface area contributed by atoms with Crippen LogP contribution in [0.2, 0.25) is 0 Å². The maximum absolute atomic E-state index is 8.72. The molecule has 66 valence electrons. The molecule has 11 heavy (non-hydrogen) atoms. The van der Waals surface area contributed by atoms with Gasteiger partial charge >= 0.3 is 0 Å². The predicted molar refractivity (Wildman–Crippen MR) is 45.6 cm³/mol. The summed E-state index contributed by atoms with van der Waals surface area (Å²) < 4.78 is 0. The molecule has 0 aliphatic carbocycles. The Kier molecular flexibility index (Phi) is 3.30. The number of rotatable bonds is 3. The Morgan fingerprint density at radius 3 is 2.82 bits per heavy atom. The van der Waals surface area contributed by atoms with Gasteiger partial charge in [-0.3, -0.25) is 4.90 Å². The van der Waals surface area contributed by atoms with Crippen LogP contribution < -0.4 is 5.32 Å². The molecule has 3 heteroatoms. The highest BCUT2D eigenvalue weighted by Gasteiger charge is 2.25. The van der Waals surface area contributed by atoms with Gasteiger partial charge in [-0.15, -0.1) is 0 Å². The Morgan fingerprint density at radius 2 is 2.36 bits per heavy atom. The minimum Gasteiger partial charge on any atom is -0.395 e. The van der Waals surface area contributed by atoms with Crippen LogP contribution in [0.15, 0.2) is 0 Å². The highest BCUT2D eigenvalue weighted by molar-refractivity contribution is 4.86. The molecule has 1 aliphatic rings. The van der Waals surface area contributed by atoms with Crippen LogP contribution in [-0.2, 0) is 0 Å². The van der Waals surface area contributed by atoms with Crippen LogP contribution in [0.4, 0.5) is 0 Å². The first-order valence-corrected chi connectivity index (χ1v) is 4.30. The van der Waals surface area contributed by atoms with Gasteiger partial charge in [0.2, 0.25) is 0 Å². The number of hydrogen-bond donors (Lipinski definition) is 2. The first-order valence-electron chi connectivity index (χ1n) is 4.30. The first-order chi connectivity index (χ1) is 5.25. The lowest BCUT2D eigenvalue weighted by Gasteiger charge is -2.26. The van der Waals surface area contributed by atoms with Gasteiger partial charge in [-0.05, 0) is 26.9 Å². The second-order valence-corrected chi connectivity index (χ2v) is 3.30. The van der Waals surface area contributed by atoms with Crippen molar-refractivity contribution in [2.24, 2.45) is 0 Å². The number of likely N-dealkylation sites (N-methyl/N-ethyl adjacent to an activating group) is 1. The third-order valence-corrected chi connectivity index (χ3v) is 2.50. The van der Waals surface area contributed by atoms with Gasteiger partial charge in [0.25, 0.3) is 0 Å². The van der Waals surface area contributed by atoms with E-state index in [1.54, 1.807) is 0 Å². The molecular weight excluding hydrogens is 140 g/mol. The third-order valence-electron chi connectivity index (χ3n) is 2.50. The Balaban J connectivity index is 2.33. The van der Waals surface area contributed by atoms with Crippen LogP contribution >= 0.6 is 0 Å². The van der Waals surface area contributed by atoms with Crippen LogP contribution in [0.25, 0.3) is 0 Å². The van der Waals surface area contributed by atoms with Gasteiger partial charge in [0.05, 0.1) is 6.61 Å². The van der Waals surface area contributed by atoms with Gasteiger partial charge in [0, 0.05) is 18.6 Å². The van der Waals surface area contributed by atoms with Crippen molar-refractivity contribution in [3.8, 4) is 0 Å². The Morgan fingerprint density at radius 1 is 1.64 bits per heavy atom. The van der Waals surface area contributed by atoms with Crippen LogP contribution in [0.1, 0.15) is 13.3 Å². The van der Waals surface area contributed by atoms with Crippen molar-refractivity contribution >= 4 is 0 Å². The maximum Gasteiger partial charge on any atom is 0.0558 e. The lowest BCUT2D eigenvalue weighted by molar-refractivity contribution is 0.173. The summed E-state index contributed by atoms with van der Waals surface area (Å²) in [7, 11) is 2.07. The summed E-state index contributed by atoms with van der Waals surface area (Å²) in [5.41, 5.74) is 0. The molecule has 0 saturated carbocycles. The summed E-state index contributed by atoms with van der Waals surface area (Å²) in [5.74, 6) is 0. The molecular formula is C8H18N2O. The molecule has 1 rings (SSSR count). The molecule has 1 fully saturated rings. The van der Waals surface area contributed by atoms with Gasteiger partial charge in [-0.1, -0.05) is 0 Å². The molecule has 0 bridgehead atoms. The lowest BCUT2D eigenvalue weighted by atomic mass is 10.1. The molecule has 1 heterocycles. The Bertz CT molecular complexity index is 119. The van der Waals surface area contributed by atoms with E-state index in [9.17, 15) is 0 Å². The number of aliphatic hydroxyl groups excluding tert-OH is 1. The smallest absolute Gasteiger partial charge is 0.0558 e. The van der Waals surface area contributed by atoms with Crippen LogP contribution in [-0.4, -0.2) is 48.8 Å². The van der Waals surface area contributed by atoms with Gasteiger partial charge in [0.1, 0.15) is 0 Å². The summed E-state index contributed by atoms with van der Waals surface area (Å²) in [6.07, 6.45) is 1.21. The lowest BCUT2D eigenvalue weighted by Crippen LogP contribution is -2.41. The fourth-order valence-corrected chi connectivity index (χ4v) is 1.77. The fraction of sp³-hybridized carbons (Fsp3) is 1.00. The normalized spacial score (nSPS) is 31.6. The molecule has 0 aromatic rings. The SMILES string of the molecule is CC1NCCC1N(C)CCO. The standard InChI is InChI=1S/C8H18N2O/c1-7-8(3-4-9-7)10(2)5-6-11/h7-9,11H,3-6H2,1-2H3. The zero-order valence-electron chi connectivity index (χ0n) is 7.38. The molecule has 0 spiro atoms. The van der Waals surface area contributed by atoms with Crippen LogP contribution in [0.3, 0.4) is 0 Å². The number of hydrogen-bond acceptors (Lipinski definition) is 3. The van der Waals surface area contributed by atoms with E-state index in [0.717, 1.165) is 13.1 Å². The van der Waals surface area contributed by atoms with E-state index in [2.05, 4.69) is 24.2 Å². The summed E-state index contributed by atoms with van der Waals surface area (Å²) in [4.78, 5) is 2.23. The summed E-state index contributed by atoms with van der Waals surface area (Å²) in [6, 6.07) is 1.19. The molecule has 1 aliphatic heterocycles. The minimum atomic E-state index is 0.264. The average Bonchev–Trinajstić information content (AvgIpc) is 2.36. The second kappa shape index (κ2) is 4.04. The van der Waals surface area contributed by atoms with Crippen molar-refractivity contribution in [3.63, 3.8) is 0 Å². The molecule has 0 aromatic heterocycles. The van der Waals surface area contributed by atoms with Gasteiger partial charge in [0.15, 0.2) is 0 Å². The van der Waals surface area contributed by atoms with E-state index in [1.807, 2.05) is 0 Å². The largest absolute Gasteiger partial charge is 0.395 e. The van der Waals surface area contributed by atoms with Gasteiger partial charge in [-0.25, -0.2) is 0 Å². The fourth-order valence-electron chi connectivity index (χ4n) is 1.77. The summed E-state index contributed by atoms with van der Waals surface area (Å²) >= 11 is 0. The van der Waals surface area contributed by atoms with Crippen molar-refractivity contribution in [2.75, 3.05) is 26.7 Å². The minimum absolute atomic E-state index is 0.264. The van der Waals surface area contributed by atoms with Gasteiger partial charge < -0.3 is 10.4 Å². The highest BCUT2D eigenvalue weighted by atomic mass is 16.3. The Hall–Kier alpha value is -0.120. The molecule has 0 amide bonds. The van der Waals surface area contributed by atoms with E-state index in [1.165, 1.54) is 6.42 Å². The quantitative estimate of drug-likeness (QED) is 0.590. The molecule has 2 N–H and O–H groups in total. The third kappa shape index (κ3) is 2.15. The molecule has 1 saturated heterocycles. The van der Waals surface area contributed by atoms with Crippen molar-refractivity contribution < 1.29 is 5.11 Å². The van der Waals surface area contributed by atoms with Crippen molar-refractivity contribution in [2.45, 2.75) is 25.4 Å². The summed E-state index contributed by atoms with van der Waals surface area (Å²) in [5, 5.41) is 12.1. The monoisotopic (exact) mass is 158 g/mol. The summed E-state index contributed by atoms with van der Waals surface area (Å²) in [6.45, 7) is 4.36. The number of nitrogens with one attached hydrogen (secondary N) is 1. The van der Waals surface area contributed by atoms with E-state index in [4.69, 9.17) is 5.11 Å². The zero-order valence-corrected chi connectivity index (χ0v) is 7.38. The van der Waals surface area contributed by atoms with Crippen LogP contribution in [0.5, 0.6) is 0 Å². The van der Waals surface area contributed by atoms with E-state index >= 15 is 0 Å². The molecule has 0 radical (unpaired) electrons. The highest BCUT2D eigenvalue weighted by Crippen LogP contribution is 2.11. The Labute approximate surface area is 68.4 Å². The van der Waals surface area contributed by atoms with Crippen molar-refractivity contribution in [1.29, 1.82) is 0 Å². The molecule has 0 aromatic carbocycles. The first kappa shape index (κ1) is 8.97. The zero-order chi connectivity index (χ0) is 8.27.